The van der Waals surface area contributed by atoms with Crippen molar-refractivity contribution in [2.45, 2.75) is 92.4 Å². The van der Waals surface area contributed by atoms with Gasteiger partial charge in [0.15, 0.2) is 9.84 Å². The Labute approximate surface area is 286 Å². The quantitative estimate of drug-likeness (QED) is 0.121. The van der Waals surface area contributed by atoms with Crippen molar-refractivity contribution in [3.63, 3.8) is 0 Å². The molecular formula is C31H38N4O12S2. The smallest absolute Gasteiger partial charge is 0.333 e. The van der Waals surface area contributed by atoms with Crippen molar-refractivity contribution in [1.82, 2.24) is 20.4 Å². The first-order valence-electron chi connectivity index (χ1n) is 15.4. The van der Waals surface area contributed by atoms with Crippen LogP contribution in [0.5, 0.6) is 5.75 Å². The highest BCUT2D eigenvalue weighted by Gasteiger charge is 2.68. The second-order valence-corrected chi connectivity index (χ2v) is 17.5. The first-order valence-corrected chi connectivity index (χ1v) is 17.8. The molecule has 5 rings (SSSR count). The summed E-state index contributed by atoms with van der Waals surface area (Å²) in [5.74, 6) is -4.24. The average molecular weight is 723 g/mol. The van der Waals surface area contributed by atoms with Gasteiger partial charge in [-0.1, -0.05) is 12.1 Å². The minimum Gasteiger partial charge on any atom is -0.508 e. The van der Waals surface area contributed by atoms with E-state index in [-0.39, 0.29) is 18.8 Å². The molecule has 4 fully saturated rings. The second-order valence-electron chi connectivity index (χ2n) is 13.0. The van der Waals surface area contributed by atoms with E-state index in [0.29, 0.717) is 11.3 Å². The van der Waals surface area contributed by atoms with Gasteiger partial charge in [0.2, 0.25) is 24.5 Å². The zero-order valence-electron chi connectivity index (χ0n) is 27.6. The Hall–Kier alpha value is -4.32. The molecule has 4 aliphatic heterocycles. The van der Waals surface area contributed by atoms with Gasteiger partial charge >= 0.3 is 17.9 Å². The Bertz CT molecular complexity index is 1730. The molecule has 3 amide bonds. The van der Waals surface area contributed by atoms with Gasteiger partial charge in [0.25, 0.3) is 0 Å². The Balaban J connectivity index is 1.23. The molecule has 0 bridgehead atoms. The summed E-state index contributed by atoms with van der Waals surface area (Å²) in [7, 11) is -3.84. The number of rotatable bonds is 11. The molecule has 49 heavy (non-hydrogen) atoms. The van der Waals surface area contributed by atoms with E-state index >= 15 is 0 Å². The van der Waals surface area contributed by atoms with Crippen molar-refractivity contribution in [3.05, 3.63) is 41.6 Å². The van der Waals surface area contributed by atoms with Gasteiger partial charge in [-0.25, -0.2) is 22.8 Å². The zero-order chi connectivity index (χ0) is 36.2. The number of aromatic hydroxyl groups is 1. The molecule has 6 atom stereocenters. The van der Waals surface area contributed by atoms with Gasteiger partial charge in [0, 0.05) is 16.5 Å². The molecule has 18 heteroatoms. The summed E-state index contributed by atoms with van der Waals surface area (Å²) in [6, 6.07) is 1.18. The molecule has 0 radical (unpaired) electrons. The Morgan fingerprint density at radius 2 is 1.63 bits per heavy atom. The van der Waals surface area contributed by atoms with Gasteiger partial charge in [0.1, 0.15) is 40.7 Å². The maximum absolute atomic E-state index is 13.6. The molecule has 4 aliphatic rings. The molecule has 4 heterocycles. The number of sulfone groups is 1. The number of carbonyl (C=O) groups is 6. The number of allylic oxidation sites excluding steroid dienone is 1. The van der Waals surface area contributed by atoms with Crippen LogP contribution in [-0.4, -0.2) is 111 Å². The molecule has 0 aromatic heterocycles. The minimum atomic E-state index is -3.84. The van der Waals surface area contributed by atoms with E-state index in [1.54, 1.807) is 27.7 Å². The highest BCUT2D eigenvalue weighted by molar-refractivity contribution is 8.01. The van der Waals surface area contributed by atoms with E-state index in [9.17, 15) is 42.3 Å². The zero-order valence-corrected chi connectivity index (χ0v) is 29.3. The molecule has 4 saturated heterocycles. The number of thioether (sulfide) groups is 1. The van der Waals surface area contributed by atoms with Crippen LogP contribution in [0.15, 0.2) is 36.0 Å². The number of hydrogen-bond donors (Lipinski definition) is 3. The van der Waals surface area contributed by atoms with E-state index < -0.39 is 96.7 Å². The van der Waals surface area contributed by atoms with E-state index in [4.69, 9.17) is 14.2 Å². The van der Waals surface area contributed by atoms with Crippen LogP contribution in [0, 0.1) is 0 Å². The largest absolute Gasteiger partial charge is 0.508 e. The van der Waals surface area contributed by atoms with Crippen molar-refractivity contribution >= 4 is 57.2 Å². The highest BCUT2D eigenvalue weighted by atomic mass is 32.2. The number of β-lactam (4-membered cyclic amide) rings is 2. The van der Waals surface area contributed by atoms with Crippen molar-refractivity contribution in [2.75, 3.05) is 13.4 Å². The van der Waals surface area contributed by atoms with Gasteiger partial charge in [-0.15, -0.1) is 11.8 Å². The van der Waals surface area contributed by atoms with Gasteiger partial charge in [-0.3, -0.25) is 14.4 Å². The first-order chi connectivity index (χ1) is 22.8. The van der Waals surface area contributed by atoms with Crippen LogP contribution in [-0.2, 0) is 52.8 Å². The number of esters is 3. The third-order valence-corrected chi connectivity index (χ3v) is 13.4. The number of fused-ring (bicyclic) bond motifs is 2. The topological polar surface area (TPSA) is 215 Å². The molecule has 1 unspecified atom stereocenters. The number of phenols is 1. The summed E-state index contributed by atoms with van der Waals surface area (Å²) >= 11 is 1.26. The minimum absolute atomic E-state index is 0.0287. The fourth-order valence-electron chi connectivity index (χ4n) is 6.47. The van der Waals surface area contributed by atoms with Gasteiger partial charge < -0.3 is 39.8 Å². The van der Waals surface area contributed by atoms with Crippen molar-refractivity contribution in [2.24, 2.45) is 0 Å². The maximum atomic E-state index is 13.6. The molecule has 1 aromatic carbocycles. The third kappa shape index (κ3) is 6.19. The Kier molecular flexibility index (Phi) is 9.44. The van der Waals surface area contributed by atoms with Crippen LogP contribution in [0.25, 0.3) is 0 Å². The van der Waals surface area contributed by atoms with Crippen LogP contribution in [0.1, 0.15) is 59.6 Å². The molecule has 16 nitrogen and oxygen atoms in total. The number of carbonyl (C=O) groups excluding carboxylic acids is 6. The molecule has 266 valence electrons. The monoisotopic (exact) mass is 722 g/mol. The lowest BCUT2D eigenvalue weighted by Crippen LogP contribution is -2.71. The van der Waals surface area contributed by atoms with E-state index in [2.05, 4.69) is 10.6 Å². The second kappa shape index (κ2) is 12.9. The fourth-order valence-corrected chi connectivity index (χ4v) is 10.2. The summed E-state index contributed by atoms with van der Waals surface area (Å²) in [6.45, 7) is 8.60. The summed E-state index contributed by atoms with van der Waals surface area (Å²) in [5.41, 5.74) is 0.737. The van der Waals surface area contributed by atoms with Gasteiger partial charge in [0.05, 0.1) is 17.8 Å². The van der Waals surface area contributed by atoms with Crippen LogP contribution in [0.3, 0.4) is 0 Å². The fraction of sp³-hybridized carbons (Fsp3) is 0.548. The van der Waals surface area contributed by atoms with Crippen LogP contribution >= 0.6 is 11.8 Å². The van der Waals surface area contributed by atoms with Crippen LogP contribution < -0.4 is 10.6 Å². The predicted octanol–water partition coefficient (Wildman–Crippen LogP) is 0.215. The van der Waals surface area contributed by atoms with Gasteiger partial charge in [-0.2, -0.15) is 0 Å². The third-order valence-electron chi connectivity index (χ3n) is 9.04. The number of ether oxygens (including phenoxy) is 3. The number of benzene rings is 1. The number of nitrogens with one attached hydrogen (secondary N) is 2. The molecule has 0 aliphatic carbocycles. The Morgan fingerprint density at radius 1 is 1.02 bits per heavy atom. The average Bonchev–Trinajstić information content (AvgIpc) is 3.33. The summed E-state index contributed by atoms with van der Waals surface area (Å²) in [6.07, 6.45) is 0.965. The molecule has 0 spiro atoms. The van der Waals surface area contributed by atoms with Crippen LogP contribution in [0.4, 0.5) is 0 Å². The summed E-state index contributed by atoms with van der Waals surface area (Å²) in [4.78, 5) is 79.6. The first kappa shape index (κ1) is 36.0. The van der Waals surface area contributed by atoms with E-state index in [0.717, 1.165) is 4.90 Å². The lowest BCUT2D eigenvalue weighted by molar-refractivity contribution is -0.181. The molecule has 3 N–H and O–H groups in total. The highest BCUT2D eigenvalue weighted by Crippen LogP contribution is 2.51. The number of phenolic OH excluding ortho intramolecular Hbond substituents is 1. The van der Waals surface area contributed by atoms with Gasteiger partial charge in [-0.05, 0) is 59.2 Å². The summed E-state index contributed by atoms with van der Waals surface area (Å²) < 4.78 is 38.4. The van der Waals surface area contributed by atoms with Crippen molar-refractivity contribution < 1.29 is 56.5 Å². The van der Waals surface area contributed by atoms with Crippen LogP contribution in [0.2, 0.25) is 0 Å². The predicted molar refractivity (Wildman–Crippen MR) is 171 cm³/mol. The standard InChI is InChI=1S/C31H38N4O12S2/c1-7-45-20(38)12-15(2)32-21(16-8-10-17(36)11-9-16)25(39)33-22-26(40)35-23(30(3,4)48-27(22)35)28(41)46-14-47-29(42)24-31(5,6)49(43,44)19-13-18(37)34(19)24/h8-12,19,21-24,27,32,36H,7,13-14H2,1-6H3,(H,33,39)/t19-,21?,22-,23+,24+,27-/m1/s1. The van der Waals surface area contributed by atoms with E-state index in [1.807, 2.05) is 0 Å². The number of nitrogens with zero attached hydrogens (tertiary/aromatic N) is 2. The van der Waals surface area contributed by atoms with E-state index in [1.165, 1.54) is 60.9 Å². The lowest BCUT2D eigenvalue weighted by Gasteiger charge is -2.44. The number of hydrogen-bond acceptors (Lipinski definition) is 14. The SMILES string of the molecule is CCOC(=O)C=C(C)NC(C(=O)N[C@@H]1C(=O)N2[C@@H]1SC(C)(C)[C@@H]2C(=O)OCOC(=O)[C@@H]1N2C(=O)C[C@H]2S(=O)(=O)C1(C)C)c1ccc(O)cc1. The number of amides is 3. The molecular weight excluding hydrogens is 684 g/mol. The molecule has 0 saturated carbocycles. The van der Waals surface area contributed by atoms with Crippen molar-refractivity contribution in [3.8, 4) is 5.75 Å². The van der Waals surface area contributed by atoms with Crippen molar-refractivity contribution in [1.29, 1.82) is 0 Å². The lowest BCUT2D eigenvalue weighted by atomic mass is 9.95. The Morgan fingerprint density at radius 3 is 2.22 bits per heavy atom. The maximum Gasteiger partial charge on any atom is 0.333 e. The summed E-state index contributed by atoms with van der Waals surface area (Å²) in [5, 5.41) is 13.7. The molecule has 1 aromatic rings. The normalized spacial score (nSPS) is 27.9.